The quantitative estimate of drug-likeness (QED) is 0.874. The van der Waals surface area contributed by atoms with Gasteiger partial charge in [0.05, 0.1) is 0 Å². The SMILES string of the molecule is O=C(Nc1ccc(-c2ccncc2)c(Cl)n1)C1CC1. The zero-order valence-electron chi connectivity index (χ0n) is 10.1. The van der Waals surface area contributed by atoms with Gasteiger partial charge in [-0.25, -0.2) is 4.98 Å². The zero-order valence-corrected chi connectivity index (χ0v) is 10.9. The molecule has 96 valence electrons. The summed E-state index contributed by atoms with van der Waals surface area (Å²) < 4.78 is 0. The molecule has 2 heterocycles. The van der Waals surface area contributed by atoms with Crippen LogP contribution < -0.4 is 5.32 Å². The van der Waals surface area contributed by atoms with Crippen LogP contribution in [0.2, 0.25) is 5.15 Å². The minimum absolute atomic E-state index is 0.0280. The molecule has 1 saturated carbocycles. The lowest BCUT2D eigenvalue weighted by Crippen LogP contribution is -2.14. The molecule has 0 spiro atoms. The van der Waals surface area contributed by atoms with Crippen molar-refractivity contribution in [2.75, 3.05) is 5.32 Å². The van der Waals surface area contributed by atoms with E-state index in [9.17, 15) is 4.79 Å². The van der Waals surface area contributed by atoms with Crippen LogP contribution in [0.15, 0.2) is 36.7 Å². The summed E-state index contributed by atoms with van der Waals surface area (Å²) in [6.07, 6.45) is 5.34. The van der Waals surface area contributed by atoms with E-state index in [-0.39, 0.29) is 11.8 Å². The Bertz CT molecular complexity index is 611. The molecule has 19 heavy (non-hydrogen) atoms. The molecule has 1 aliphatic rings. The predicted molar refractivity (Wildman–Crippen MR) is 73.8 cm³/mol. The first-order chi connectivity index (χ1) is 9.24. The number of anilines is 1. The van der Waals surface area contributed by atoms with Gasteiger partial charge in [0.2, 0.25) is 5.91 Å². The van der Waals surface area contributed by atoms with Gasteiger partial charge in [-0.15, -0.1) is 0 Å². The number of nitrogens with zero attached hydrogens (tertiary/aromatic N) is 2. The van der Waals surface area contributed by atoms with Crippen LogP contribution in [-0.4, -0.2) is 15.9 Å². The third kappa shape index (κ3) is 2.74. The number of pyridine rings is 2. The van der Waals surface area contributed by atoms with Gasteiger partial charge in [0.25, 0.3) is 0 Å². The van der Waals surface area contributed by atoms with Crippen LogP contribution in [0.3, 0.4) is 0 Å². The van der Waals surface area contributed by atoms with Crippen molar-refractivity contribution in [2.45, 2.75) is 12.8 Å². The lowest BCUT2D eigenvalue weighted by molar-refractivity contribution is -0.117. The summed E-state index contributed by atoms with van der Waals surface area (Å²) in [5, 5.41) is 3.15. The van der Waals surface area contributed by atoms with Crippen molar-refractivity contribution in [1.82, 2.24) is 9.97 Å². The van der Waals surface area contributed by atoms with Crippen molar-refractivity contribution in [3.05, 3.63) is 41.8 Å². The number of hydrogen-bond donors (Lipinski definition) is 1. The molecule has 0 aromatic carbocycles. The van der Waals surface area contributed by atoms with Crippen molar-refractivity contribution >= 4 is 23.3 Å². The Morgan fingerprint density at radius 2 is 1.95 bits per heavy atom. The summed E-state index contributed by atoms with van der Waals surface area (Å²) in [6, 6.07) is 7.35. The van der Waals surface area contributed by atoms with Crippen molar-refractivity contribution in [3.8, 4) is 11.1 Å². The Balaban J connectivity index is 1.83. The summed E-state index contributed by atoms with van der Waals surface area (Å²) in [5.74, 6) is 0.681. The fraction of sp³-hybridized carbons (Fsp3) is 0.214. The maximum Gasteiger partial charge on any atom is 0.228 e. The summed E-state index contributed by atoms with van der Waals surface area (Å²) in [7, 11) is 0. The third-order valence-electron chi connectivity index (χ3n) is 3.04. The zero-order chi connectivity index (χ0) is 13.2. The number of amides is 1. The van der Waals surface area contributed by atoms with E-state index < -0.39 is 0 Å². The molecule has 2 aromatic heterocycles. The van der Waals surface area contributed by atoms with E-state index in [1.807, 2.05) is 18.2 Å². The highest BCUT2D eigenvalue weighted by Crippen LogP contribution is 2.31. The first kappa shape index (κ1) is 12.1. The molecule has 0 aliphatic heterocycles. The average Bonchev–Trinajstić information content (AvgIpc) is 3.24. The number of aromatic nitrogens is 2. The van der Waals surface area contributed by atoms with E-state index in [2.05, 4.69) is 15.3 Å². The second kappa shape index (κ2) is 4.97. The number of halogens is 1. The maximum atomic E-state index is 11.6. The van der Waals surface area contributed by atoms with E-state index in [1.54, 1.807) is 18.5 Å². The summed E-state index contributed by atoms with van der Waals surface area (Å²) in [4.78, 5) is 19.8. The van der Waals surface area contributed by atoms with Crippen molar-refractivity contribution in [1.29, 1.82) is 0 Å². The maximum absolute atomic E-state index is 11.6. The monoisotopic (exact) mass is 273 g/mol. The number of carbonyl (C=O) groups is 1. The molecule has 1 amide bonds. The lowest BCUT2D eigenvalue weighted by Gasteiger charge is -2.07. The second-order valence-corrected chi connectivity index (χ2v) is 4.89. The Morgan fingerprint density at radius 3 is 2.58 bits per heavy atom. The summed E-state index contributed by atoms with van der Waals surface area (Å²) in [6.45, 7) is 0. The predicted octanol–water partition coefficient (Wildman–Crippen LogP) is 3.15. The van der Waals surface area contributed by atoms with Crippen LogP contribution in [-0.2, 0) is 4.79 Å². The standard InChI is InChI=1S/C14H12ClN3O/c15-13-11(9-5-7-16-8-6-9)3-4-12(17-13)18-14(19)10-1-2-10/h3-8,10H,1-2H2,(H,17,18,19). The molecule has 5 heteroatoms. The van der Waals surface area contributed by atoms with Crippen LogP contribution in [0.5, 0.6) is 0 Å². The van der Waals surface area contributed by atoms with Gasteiger partial charge >= 0.3 is 0 Å². The van der Waals surface area contributed by atoms with Gasteiger partial charge in [-0.05, 0) is 42.7 Å². The number of hydrogen-bond acceptors (Lipinski definition) is 3. The van der Waals surface area contributed by atoms with Gasteiger partial charge in [0.1, 0.15) is 11.0 Å². The van der Waals surface area contributed by atoms with Crippen molar-refractivity contribution in [2.24, 2.45) is 5.92 Å². The average molecular weight is 274 g/mol. The topological polar surface area (TPSA) is 54.9 Å². The Labute approximate surface area is 115 Å². The lowest BCUT2D eigenvalue weighted by atomic mass is 10.1. The third-order valence-corrected chi connectivity index (χ3v) is 3.33. The highest BCUT2D eigenvalue weighted by Gasteiger charge is 2.29. The minimum atomic E-state index is 0.0280. The van der Waals surface area contributed by atoms with Crippen LogP contribution in [0.25, 0.3) is 11.1 Å². The molecule has 1 fully saturated rings. The Hall–Kier alpha value is -1.94. The molecule has 4 nitrogen and oxygen atoms in total. The molecule has 1 N–H and O–H groups in total. The second-order valence-electron chi connectivity index (χ2n) is 4.53. The molecular formula is C14H12ClN3O. The van der Waals surface area contributed by atoms with Gasteiger partial charge in [-0.3, -0.25) is 9.78 Å². The van der Waals surface area contributed by atoms with Crippen molar-refractivity contribution in [3.63, 3.8) is 0 Å². The highest BCUT2D eigenvalue weighted by molar-refractivity contribution is 6.32. The summed E-state index contributed by atoms with van der Waals surface area (Å²) >= 11 is 6.16. The molecule has 1 aliphatic carbocycles. The van der Waals surface area contributed by atoms with Gasteiger partial charge in [0, 0.05) is 23.9 Å². The largest absolute Gasteiger partial charge is 0.310 e. The first-order valence-electron chi connectivity index (χ1n) is 6.12. The van der Waals surface area contributed by atoms with E-state index in [4.69, 9.17) is 11.6 Å². The van der Waals surface area contributed by atoms with Crippen LogP contribution >= 0.6 is 11.6 Å². The van der Waals surface area contributed by atoms with Crippen molar-refractivity contribution < 1.29 is 4.79 Å². The molecule has 0 bridgehead atoms. The molecule has 2 aromatic rings. The summed E-state index contributed by atoms with van der Waals surface area (Å²) in [5.41, 5.74) is 1.78. The van der Waals surface area contributed by atoms with E-state index in [0.29, 0.717) is 11.0 Å². The van der Waals surface area contributed by atoms with E-state index >= 15 is 0 Å². The number of carbonyl (C=O) groups excluding carboxylic acids is 1. The van der Waals surface area contributed by atoms with Gasteiger partial charge < -0.3 is 5.32 Å². The fourth-order valence-electron chi connectivity index (χ4n) is 1.82. The molecule has 3 rings (SSSR count). The normalized spacial score (nSPS) is 14.2. The first-order valence-corrected chi connectivity index (χ1v) is 6.49. The minimum Gasteiger partial charge on any atom is -0.310 e. The van der Waals surface area contributed by atoms with Gasteiger partial charge in [-0.1, -0.05) is 11.6 Å². The number of rotatable bonds is 3. The molecule has 0 atom stereocenters. The van der Waals surface area contributed by atoms with E-state index in [0.717, 1.165) is 24.0 Å². The van der Waals surface area contributed by atoms with Crippen LogP contribution in [0.4, 0.5) is 5.82 Å². The highest BCUT2D eigenvalue weighted by atomic mass is 35.5. The van der Waals surface area contributed by atoms with Gasteiger partial charge in [0.15, 0.2) is 0 Å². The molecule has 0 saturated heterocycles. The number of nitrogens with one attached hydrogen (secondary N) is 1. The van der Waals surface area contributed by atoms with E-state index in [1.165, 1.54) is 0 Å². The molecule has 0 unspecified atom stereocenters. The van der Waals surface area contributed by atoms with Crippen LogP contribution in [0.1, 0.15) is 12.8 Å². The fourth-order valence-corrected chi connectivity index (χ4v) is 2.09. The van der Waals surface area contributed by atoms with Crippen LogP contribution in [0, 0.1) is 5.92 Å². The molecule has 0 radical (unpaired) electrons. The Morgan fingerprint density at radius 1 is 1.21 bits per heavy atom. The smallest absolute Gasteiger partial charge is 0.228 e. The Kier molecular flexibility index (Phi) is 3.17. The van der Waals surface area contributed by atoms with Gasteiger partial charge in [-0.2, -0.15) is 0 Å². The molecular weight excluding hydrogens is 262 g/mol.